The largest absolute Gasteiger partial charge is 0.379 e. The average Bonchev–Trinajstić information content (AvgIpc) is 2.69. The first-order chi connectivity index (χ1) is 13.4. The van der Waals surface area contributed by atoms with Gasteiger partial charge >= 0.3 is 0 Å². The Bertz CT molecular complexity index is 807. The number of nitrogens with zero attached hydrogens (tertiary/aromatic N) is 2. The number of hydrogen-bond acceptors (Lipinski definition) is 5. The van der Waals surface area contributed by atoms with Gasteiger partial charge in [-0.3, -0.25) is 4.79 Å². The Morgan fingerprint density at radius 3 is 2.39 bits per heavy atom. The highest BCUT2D eigenvalue weighted by Gasteiger charge is 2.30. The summed E-state index contributed by atoms with van der Waals surface area (Å²) in [6.45, 7) is 4.47. The van der Waals surface area contributed by atoms with E-state index in [-0.39, 0.29) is 33.6 Å². The van der Waals surface area contributed by atoms with Gasteiger partial charge in [0.1, 0.15) is 4.90 Å². The third-order valence-corrected chi connectivity index (χ3v) is 7.69. The van der Waals surface area contributed by atoms with Crippen molar-refractivity contribution in [1.29, 1.82) is 0 Å². The van der Waals surface area contributed by atoms with Crippen molar-refractivity contribution in [1.82, 2.24) is 14.5 Å². The van der Waals surface area contributed by atoms with Crippen LogP contribution in [-0.2, 0) is 14.8 Å². The van der Waals surface area contributed by atoms with Gasteiger partial charge in [0, 0.05) is 26.2 Å². The molecule has 1 amide bonds. The number of piperidine rings is 1. The first-order valence-electron chi connectivity index (χ1n) is 9.47. The molecule has 28 heavy (non-hydrogen) atoms. The molecule has 2 saturated heterocycles. The first kappa shape index (κ1) is 21.8. The number of nitrogens with one attached hydrogen (secondary N) is 1. The molecule has 3 rings (SSSR count). The molecule has 7 nitrogen and oxygen atoms in total. The fourth-order valence-corrected chi connectivity index (χ4v) is 5.67. The molecule has 0 radical (unpaired) electrons. The summed E-state index contributed by atoms with van der Waals surface area (Å²) < 4.78 is 32.4. The van der Waals surface area contributed by atoms with Gasteiger partial charge in [-0.25, -0.2) is 8.42 Å². The monoisotopic (exact) mass is 449 g/mol. The molecule has 0 bridgehead atoms. The number of morpholine rings is 1. The van der Waals surface area contributed by atoms with Gasteiger partial charge in [-0.05, 0) is 38.1 Å². The van der Waals surface area contributed by atoms with Crippen molar-refractivity contribution in [3.63, 3.8) is 0 Å². The van der Waals surface area contributed by atoms with E-state index in [0.29, 0.717) is 19.8 Å². The predicted octanol–water partition coefficient (Wildman–Crippen LogP) is 2.23. The molecule has 0 unspecified atom stereocenters. The van der Waals surface area contributed by atoms with E-state index < -0.39 is 15.9 Å². The van der Waals surface area contributed by atoms with Gasteiger partial charge in [-0.2, -0.15) is 4.31 Å². The maximum atomic E-state index is 12.9. The zero-order chi connectivity index (χ0) is 20.1. The standard InChI is InChI=1S/C18H25Cl2N3O4S/c19-15-13-16(20)17(28(25,26)23-8-10-27-11-9-23)12-14(15)18(24)21-4-7-22-5-2-1-3-6-22/h12-13H,1-11H2,(H,21,24). The smallest absolute Gasteiger partial charge is 0.252 e. The van der Waals surface area contributed by atoms with Crippen LogP contribution in [0.4, 0.5) is 0 Å². The van der Waals surface area contributed by atoms with Gasteiger partial charge in [0.15, 0.2) is 0 Å². The predicted molar refractivity (Wildman–Crippen MR) is 109 cm³/mol. The number of ether oxygens (including phenoxy) is 1. The normalized spacial score (nSPS) is 19.5. The molecule has 2 fully saturated rings. The molecule has 0 saturated carbocycles. The van der Waals surface area contributed by atoms with Crippen molar-refractivity contribution in [2.45, 2.75) is 24.2 Å². The van der Waals surface area contributed by atoms with Gasteiger partial charge in [0.25, 0.3) is 5.91 Å². The molecule has 1 aromatic carbocycles. The number of halogens is 2. The summed E-state index contributed by atoms with van der Waals surface area (Å²) >= 11 is 12.3. The fraction of sp³-hybridized carbons (Fsp3) is 0.611. The summed E-state index contributed by atoms with van der Waals surface area (Å²) in [5.41, 5.74) is 0.108. The minimum absolute atomic E-state index is 0.00126. The molecule has 0 aromatic heterocycles. The van der Waals surface area contributed by atoms with E-state index in [2.05, 4.69) is 10.2 Å². The Hall–Kier alpha value is -0.900. The van der Waals surface area contributed by atoms with Crippen molar-refractivity contribution >= 4 is 39.1 Å². The molecule has 2 aliphatic heterocycles. The number of carbonyl (C=O) groups excluding carboxylic acids is 1. The van der Waals surface area contributed by atoms with Crippen LogP contribution in [0.5, 0.6) is 0 Å². The highest BCUT2D eigenvalue weighted by Crippen LogP contribution is 2.31. The topological polar surface area (TPSA) is 79.0 Å². The Morgan fingerprint density at radius 1 is 1.04 bits per heavy atom. The molecule has 0 spiro atoms. The van der Waals surface area contributed by atoms with Crippen LogP contribution in [0.3, 0.4) is 0 Å². The Balaban J connectivity index is 1.72. The molecule has 2 aliphatic rings. The third kappa shape index (κ3) is 5.17. The van der Waals surface area contributed by atoms with E-state index in [1.165, 1.54) is 35.7 Å². The second-order valence-electron chi connectivity index (χ2n) is 6.94. The van der Waals surface area contributed by atoms with Crippen LogP contribution in [0.1, 0.15) is 29.6 Å². The summed E-state index contributed by atoms with van der Waals surface area (Å²) in [5, 5.41) is 2.96. The van der Waals surface area contributed by atoms with Crippen LogP contribution in [0, 0.1) is 0 Å². The van der Waals surface area contributed by atoms with Crippen LogP contribution in [-0.4, -0.2) is 76.0 Å². The van der Waals surface area contributed by atoms with Crippen LogP contribution in [0.2, 0.25) is 10.0 Å². The Morgan fingerprint density at radius 2 is 1.71 bits per heavy atom. The number of carbonyl (C=O) groups is 1. The minimum atomic E-state index is -3.83. The van der Waals surface area contributed by atoms with Gasteiger partial charge < -0.3 is 15.0 Å². The average molecular weight is 450 g/mol. The van der Waals surface area contributed by atoms with Gasteiger partial charge in [-0.1, -0.05) is 29.6 Å². The van der Waals surface area contributed by atoms with Crippen LogP contribution in [0.25, 0.3) is 0 Å². The van der Waals surface area contributed by atoms with E-state index in [4.69, 9.17) is 27.9 Å². The Kier molecular flexibility index (Phi) is 7.58. The fourth-order valence-electron chi connectivity index (χ4n) is 3.43. The van der Waals surface area contributed by atoms with Crippen molar-refractivity contribution in [2.75, 3.05) is 52.5 Å². The van der Waals surface area contributed by atoms with Crippen LogP contribution in [0.15, 0.2) is 17.0 Å². The van der Waals surface area contributed by atoms with Crippen LogP contribution >= 0.6 is 23.2 Å². The van der Waals surface area contributed by atoms with Gasteiger partial charge in [-0.15, -0.1) is 0 Å². The van der Waals surface area contributed by atoms with Crippen LogP contribution < -0.4 is 5.32 Å². The lowest BCUT2D eigenvalue weighted by Crippen LogP contribution is -2.41. The number of amides is 1. The third-order valence-electron chi connectivity index (χ3n) is 5.02. The lowest BCUT2D eigenvalue weighted by molar-refractivity contribution is 0.0730. The van der Waals surface area contributed by atoms with Gasteiger partial charge in [0.05, 0.1) is 28.8 Å². The summed E-state index contributed by atoms with van der Waals surface area (Å²) in [5.74, 6) is -0.405. The summed E-state index contributed by atoms with van der Waals surface area (Å²) in [4.78, 5) is 14.8. The molecule has 156 valence electrons. The highest BCUT2D eigenvalue weighted by atomic mass is 35.5. The number of hydrogen-bond donors (Lipinski definition) is 1. The zero-order valence-corrected chi connectivity index (χ0v) is 18.0. The molecule has 10 heteroatoms. The summed E-state index contributed by atoms with van der Waals surface area (Å²) in [6, 6.07) is 2.59. The van der Waals surface area contributed by atoms with E-state index in [9.17, 15) is 13.2 Å². The minimum Gasteiger partial charge on any atom is -0.379 e. The SMILES string of the molecule is O=C(NCCN1CCCCC1)c1cc(S(=O)(=O)N2CCOCC2)c(Cl)cc1Cl. The molecule has 0 atom stereocenters. The summed E-state index contributed by atoms with van der Waals surface area (Å²) in [6.07, 6.45) is 3.61. The van der Waals surface area contributed by atoms with Crippen molar-refractivity contribution in [2.24, 2.45) is 0 Å². The lowest BCUT2D eigenvalue weighted by Gasteiger charge is -2.27. The van der Waals surface area contributed by atoms with E-state index >= 15 is 0 Å². The van der Waals surface area contributed by atoms with Crippen molar-refractivity contribution < 1.29 is 17.9 Å². The second-order valence-corrected chi connectivity index (χ2v) is 9.66. The zero-order valence-electron chi connectivity index (χ0n) is 15.6. The second kappa shape index (κ2) is 9.73. The van der Waals surface area contributed by atoms with Crippen molar-refractivity contribution in [3.8, 4) is 0 Å². The van der Waals surface area contributed by atoms with E-state index in [1.54, 1.807) is 0 Å². The number of rotatable bonds is 6. The molecular formula is C18H25Cl2N3O4S. The number of sulfonamides is 1. The lowest BCUT2D eigenvalue weighted by atomic mass is 10.1. The number of likely N-dealkylation sites (tertiary alicyclic amines) is 1. The highest BCUT2D eigenvalue weighted by molar-refractivity contribution is 7.89. The summed E-state index contributed by atoms with van der Waals surface area (Å²) in [7, 11) is -3.83. The molecule has 2 heterocycles. The maximum Gasteiger partial charge on any atom is 0.252 e. The van der Waals surface area contributed by atoms with Crippen molar-refractivity contribution in [3.05, 3.63) is 27.7 Å². The molecule has 1 N–H and O–H groups in total. The van der Waals surface area contributed by atoms with Gasteiger partial charge in [0.2, 0.25) is 10.0 Å². The van der Waals surface area contributed by atoms with E-state index in [1.807, 2.05) is 0 Å². The molecular weight excluding hydrogens is 425 g/mol. The maximum absolute atomic E-state index is 12.9. The Labute approximate surface area is 176 Å². The number of benzene rings is 1. The molecule has 1 aromatic rings. The first-order valence-corrected chi connectivity index (χ1v) is 11.7. The molecule has 0 aliphatic carbocycles. The quantitative estimate of drug-likeness (QED) is 0.719. The van der Waals surface area contributed by atoms with E-state index in [0.717, 1.165) is 19.6 Å².